The zero-order valence-corrected chi connectivity index (χ0v) is 19.3. The molecule has 0 saturated heterocycles. The van der Waals surface area contributed by atoms with E-state index in [1.54, 1.807) is 0 Å². The number of aliphatic hydroxyl groups is 1. The van der Waals surface area contributed by atoms with Gasteiger partial charge in [-0.15, -0.1) is 24.0 Å². The van der Waals surface area contributed by atoms with Crippen LogP contribution in [0, 0.1) is 11.8 Å². The van der Waals surface area contributed by atoms with Gasteiger partial charge >= 0.3 is 0 Å². The normalized spacial score (nSPS) is 13.8. The molecule has 2 atom stereocenters. The molecule has 0 aromatic heterocycles. The molecule has 0 aliphatic rings. The molecule has 0 fully saturated rings. The Kier molecular flexibility index (Phi) is 15.0. The predicted octanol–water partition coefficient (Wildman–Crippen LogP) is 3.01. The van der Waals surface area contributed by atoms with E-state index in [9.17, 15) is 9.32 Å². The Labute approximate surface area is 177 Å². The number of aliphatic hydroxyl groups excluding tert-OH is 1. The highest BCUT2D eigenvalue weighted by molar-refractivity contribution is 14.0. The molecule has 26 heavy (non-hydrogen) atoms. The maximum atomic E-state index is 12.2. The Morgan fingerprint density at radius 3 is 2.50 bits per heavy atom. The van der Waals surface area contributed by atoms with Crippen molar-refractivity contribution in [3.8, 4) is 0 Å². The zero-order valence-electron chi connectivity index (χ0n) is 16.1. The molecule has 1 aromatic rings. The topological polar surface area (TPSA) is 73.7 Å². The van der Waals surface area contributed by atoms with Gasteiger partial charge in [0, 0.05) is 36.9 Å². The summed E-state index contributed by atoms with van der Waals surface area (Å²) in [6.45, 7) is 8.68. The lowest BCUT2D eigenvalue weighted by Gasteiger charge is -2.17. The number of hydrogen-bond acceptors (Lipinski definition) is 3. The van der Waals surface area contributed by atoms with Gasteiger partial charge < -0.3 is 15.7 Å². The largest absolute Gasteiger partial charge is 0.396 e. The first-order valence-corrected chi connectivity index (χ1v) is 10.4. The number of hydrogen-bond donors (Lipinski definition) is 3. The third kappa shape index (κ3) is 11.1. The fourth-order valence-electron chi connectivity index (χ4n) is 2.65. The minimum Gasteiger partial charge on any atom is -0.396 e. The number of nitrogens with one attached hydrogen (secondary N) is 2. The standard InChI is InChI=1S/C19H33N3O2S.HI/c1-4-20-19(22-15-17(10-12-23)14-16(2)3)21-11-13-25(24)18-8-6-5-7-9-18;/h5-9,16-17,23H,4,10-15H2,1-3H3,(H2,20,21,22);1H. The summed E-state index contributed by atoms with van der Waals surface area (Å²) in [5, 5.41) is 15.7. The van der Waals surface area contributed by atoms with Crippen LogP contribution in [0.5, 0.6) is 0 Å². The lowest BCUT2D eigenvalue weighted by Crippen LogP contribution is -2.39. The maximum Gasteiger partial charge on any atom is 0.191 e. The van der Waals surface area contributed by atoms with Crippen LogP contribution in [0.3, 0.4) is 0 Å². The second kappa shape index (κ2) is 15.4. The lowest BCUT2D eigenvalue weighted by atomic mass is 9.94. The van der Waals surface area contributed by atoms with Crippen LogP contribution in [0.15, 0.2) is 40.2 Å². The van der Waals surface area contributed by atoms with E-state index in [0.29, 0.717) is 30.7 Å². The van der Waals surface area contributed by atoms with E-state index in [4.69, 9.17) is 0 Å². The average molecular weight is 495 g/mol. The fraction of sp³-hybridized carbons (Fsp3) is 0.632. The highest BCUT2D eigenvalue weighted by Crippen LogP contribution is 2.15. The van der Waals surface area contributed by atoms with Crippen LogP contribution in [-0.4, -0.2) is 47.3 Å². The number of rotatable bonds is 11. The van der Waals surface area contributed by atoms with Crippen molar-refractivity contribution in [3.63, 3.8) is 0 Å². The van der Waals surface area contributed by atoms with E-state index >= 15 is 0 Å². The summed E-state index contributed by atoms with van der Waals surface area (Å²) in [4.78, 5) is 5.49. The third-order valence-electron chi connectivity index (χ3n) is 3.78. The van der Waals surface area contributed by atoms with Crippen LogP contribution >= 0.6 is 24.0 Å². The molecule has 0 aliphatic carbocycles. The number of nitrogens with zero attached hydrogens (tertiary/aromatic N) is 1. The quantitative estimate of drug-likeness (QED) is 0.251. The maximum absolute atomic E-state index is 12.2. The lowest BCUT2D eigenvalue weighted by molar-refractivity contribution is 0.245. The predicted molar refractivity (Wildman–Crippen MR) is 122 cm³/mol. The highest BCUT2D eigenvalue weighted by Gasteiger charge is 2.11. The number of guanidine groups is 1. The van der Waals surface area contributed by atoms with Crippen LogP contribution in [0.4, 0.5) is 0 Å². The summed E-state index contributed by atoms with van der Waals surface area (Å²) >= 11 is 0. The van der Waals surface area contributed by atoms with Crippen molar-refractivity contribution in [2.75, 3.05) is 32.0 Å². The van der Waals surface area contributed by atoms with Crippen molar-refractivity contribution in [3.05, 3.63) is 30.3 Å². The molecule has 0 aliphatic heterocycles. The Bertz CT molecular complexity index is 527. The van der Waals surface area contributed by atoms with E-state index in [1.807, 2.05) is 37.3 Å². The van der Waals surface area contributed by atoms with Gasteiger partial charge in [-0.2, -0.15) is 0 Å². The molecule has 2 unspecified atom stereocenters. The first-order chi connectivity index (χ1) is 12.1. The fourth-order valence-corrected chi connectivity index (χ4v) is 3.63. The van der Waals surface area contributed by atoms with Crippen molar-refractivity contribution in [2.45, 2.75) is 38.5 Å². The van der Waals surface area contributed by atoms with Gasteiger partial charge in [0.15, 0.2) is 5.96 Å². The molecule has 1 rings (SSSR count). The second-order valence-electron chi connectivity index (χ2n) is 6.52. The van der Waals surface area contributed by atoms with Gasteiger partial charge in [0.05, 0.1) is 10.8 Å². The SMILES string of the molecule is CCNC(=NCC(CCO)CC(C)C)NCCS(=O)c1ccccc1.I. The molecular weight excluding hydrogens is 461 g/mol. The highest BCUT2D eigenvalue weighted by atomic mass is 127. The smallest absolute Gasteiger partial charge is 0.191 e. The summed E-state index contributed by atoms with van der Waals surface area (Å²) < 4.78 is 12.2. The van der Waals surface area contributed by atoms with Gasteiger partial charge in [-0.1, -0.05) is 32.0 Å². The molecule has 1 aromatic carbocycles. The Balaban J connectivity index is 0.00000625. The van der Waals surface area contributed by atoms with E-state index in [-0.39, 0.29) is 30.6 Å². The third-order valence-corrected chi connectivity index (χ3v) is 5.15. The molecule has 3 N–H and O–H groups in total. The van der Waals surface area contributed by atoms with Gasteiger partial charge in [-0.05, 0) is 43.7 Å². The van der Waals surface area contributed by atoms with Gasteiger partial charge in [0.25, 0.3) is 0 Å². The van der Waals surface area contributed by atoms with E-state index in [0.717, 1.165) is 30.2 Å². The number of benzene rings is 1. The molecule has 0 heterocycles. The first-order valence-electron chi connectivity index (χ1n) is 9.13. The van der Waals surface area contributed by atoms with E-state index in [1.165, 1.54) is 0 Å². The first kappa shape index (κ1) is 25.3. The van der Waals surface area contributed by atoms with Gasteiger partial charge in [0.2, 0.25) is 0 Å². The molecule has 7 heteroatoms. The molecule has 0 radical (unpaired) electrons. The van der Waals surface area contributed by atoms with Crippen molar-refractivity contribution in [1.29, 1.82) is 0 Å². The molecule has 0 saturated carbocycles. The van der Waals surface area contributed by atoms with Gasteiger partial charge in [-0.25, -0.2) is 0 Å². The Morgan fingerprint density at radius 1 is 1.23 bits per heavy atom. The van der Waals surface area contributed by atoms with Gasteiger partial charge in [-0.3, -0.25) is 9.20 Å². The minimum atomic E-state index is -1.01. The number of aliphatic imine (C=N–C) groups is 1. The van der Waals surface area contributed by atoms with Crippen LogP contribution in [0.2, 0.25) is 0 Å². The van der Waals surface area contributed by atoms with Crippen LogP contribution in [-0.2, 0) is 10.8 Å². The molecule has 0 bridgehead atoms. The van der Waals surface area contributed by atoms with Crippen molar-refractivity contribution < 1.29 is 9.32 Å². The molecular formula is C19H34IN3O2S. The summed E-state index contributed by atoms with van der Waals surface area (Å²) in [5.74, 6) is 2.27. The Morgan fingerprint density at radius 2 is 1.92 bits per heavy atom. The summed E-state index contributed by atoms with van der Waals surface area (Å²) in [5.41, 5.74) is 0. The average Bonchev–Trinajstić information content (AvgIpc) is 2.59. The Hall–Kier alpha value is -0.670. The summed E-state index contributed by atoms with van der Waals surface area (Å²) in [7, 11) is -1.01. The van der Waals surface area contributed by atoms with Crippen LogP contribution in [0.1, 0.15) is 33.6 Å². The van der Waals surface area contributed by atoms with Crippen LogP contribution < -0.4 is 10.6 Å². The van der Waals surface area contributed by atoms with Crippen molar-refractivity contribution in [1.82, 2.24) is 10.6 Å². The monoisotopic (exact) mass is 495 g/mol. The summed E-state index contributed by atoms with van der Waals surface area (Å²) in [6, 6.07) is 9.51. The second-order valence-corrected chi connectivity index (χ2v) is 8.09. The van der Waals surface area contributed by atoms with Gasteiger partial charge in [0.1, 0.15) is 0 Å². The molecule has 0 spiro atoms. The van der Waals surface area contributed by atoms with Crippen molar-refractivity contribution in [2.24, 2.45) is 16.8 Å². The minimum absolute atomic E-state index is 0. The molecule has 5 nitrogen and oxygen atoms in total. The van der Waals surface area contributed by atoms with Crippen LogP contribution in [0.25, 0.3) is 0 Å². The zero-order chi connectivity index (χ0) is 18.5. The van der Waals surface area contributed by atoms with E-state index < -0.39 is 10.8 Å². The molecule has 150 valence electrons. The van der Waals surface area contributed by atoms with E-state index in [2.05, 4.69) is 29.5 Å². The molecule has 0 amide bonds. The van der Waals surface area contributed by atoms with Crippen molar-refractivity contribution >= 4 is 40.7 Å². The number of halogens is 1. The summed E-state index contributed by atoms with van der Waals surface area (Å²) in [6.07, 6.45) is 1.83.